The molecule has 0 saturated carbocycles. The lowest BCUT2D eigenvalue weighted by atomic mass is 10.2. The van der Waals surface area contributed by atoms with Gasteiger partial charge in [-0.05, 0) is 44.9 Å². The van der Waals surface area contributed by atoms with E-state index in [0.717, 1.165) is 5.56 Å². The van der Waals surface area contributed by atoms with Gasteiger partial charge < -0.3 is 14.7 Å². The third-order valence-electron chi connectivity index (χ3n) is 3.13. The molecular formula is C16H23NO4. The third-order valence-corrected chi connectivity index (χ3v) is 3.13. The fraction of sp³-hybridized carbons (Fsp3) is 0.500. The van der Waals surface area contributed by atoms with Crippen LogP contribution < -0.4 is 4.74 Å². The van der Waals surface area contributed by atoms with Crippen LogP contribution in [-0.4, -0.2) is 40.6 Å². The molecule has 0 aliphatic heterocycles. The van der Waals surface area contributed by atoms with Crippen molar-refractivity contribution in [3.05, 3.63) is 29.8 Å². The molecule has 0 spiro atoms. The Balaban J connectivity index is 2.86. The Kier molecular flexibility index (Phi) is 6.21. The summed E-state index contributed by atoms with van der Waals surface area (Å²) in [6.45, 7) is 7.06. The van der Waals surface area contributed by atoms with Gasteiger partial charge in [0.1, 0.15) is 12.3 Å². The maximum atomic E-state index is 12.5. The molecule has 0 radical (unpaired) electrons. The second kappa shape index (κ2) is 7.67. The van der Waals surface area contributed by atoms with Crippen molar-refractivity contribution in [2.24, 2.45) is 0 Å². The number of ether oxygens (including phenoxy) is 1. The summed E-state index contributed by atoms with van der Waals surface area (Å²) < 4.78 is 5.73. The molecule has 0 heterocycles. The number of amides is 1. The van der Waals surface area contributed by atoms with E-state index in [-0.39, 0.29) is 18.5 Å². The second-order valence-corrected chi connectivity index (χ2v) is 5.28. The SMILES string of the molecule is CCC(Oc1cccc(C)c1)C(=O)N(CC(=O)O)C(C)C. The molecule has 1 aromatic carbocycles. The number of hydrogen-bond donors (Lipinski definition) is 1. The van der Waals surface area contributed by atoms with Gasteiger partial charge in [0.05, 0.1) is 0 Å². The molecule has 0 aromatic heterocycles. The lowest BCUT2D eigenvalue weighted by Crippen LogP contribution is -2.47. The molecule has 1 amide bonds. The van der Waals surface area contributed by atoms with Crippen molar-refractivity contribution in [1.29, 1.82) is 0 Å². The number of rotatable bonds is 7. The largest absolute Gasteiger partial charge is 0.481 e. The van der Waals surface area contributed by atoms with Crippen LogP contribution in [-0.2, 0) is 9.59 Å². The highest BCUT2D eigenvalue weighted by atomic mass is 16.5. The number of benzene rings is 1. The van der Waals surface area contributed by atoms with Gasteiger partial charge in [0.2, 0.25) is 0 Å². The van der Waals surface area contributed by atoms with Crippen LogP contribution in [0.15, 0.2) is 24.3 Å². The Labute approximate surface area is 125 Å². The first-order valence-corrected chi connectivity index (χ1v) is 7.10. The van der Waals surface area contributed by atoms with Crippen LogP contribution in [0.1, 0.15) is 32.8 Å². The summed E-state index contributed by atoms with van der Waals surface area (Å²) in [5.41, 5.74) is 1.04. The first-order valence-electron chi connectivity index (χ1n) is 7.10. The van der Waals surface area contributed by atoms with Gasteiger partial charge in [-0.1, -0.05) is 19.1 Å². The normalized spacial score (nSPS) is 12.0. The molecule has 1 atom stereocenters. The number of hydrogen-bond acceptors (Lipinski definition) is 3. The minimum Gasteiger partial charge on any atom is -0.481 e. The Morgan fingerprint density at radius 3 is 2.48 bits per heavy atom. The maximum absolute atomic E-state index is 12.5. The Morgan fingerprint density at radius 1 is 1.33 bits per heavy atom. The summed E-state index contributed by atoms with van der Waals surface area (Å²) in [5, 5.41) is 8.93. The first-order chi connectivity index (χ1) is 9.85. The predicted molar refractivity (Wildman–Crippen MR) is 80.4 cm³/mol. The van der Waals surface area contributed by atoms with E-state index in [1.165, 1.54) is 4.90 Å². The summed E-state index contributed by atoms with van der Waals surface area (Å²) in [6, 6.07) is 7.26. The van der Waals surface area contributed by atoms with Crippen LogP contribution >= 0.6 is 0 Å². The van der Waals surface area contributed by atoms with Gasteiger partial charge in [0.25, 0.3) is 5.91 Å². The Hall–Kier alpha value is -2.04. The molecule has 1 rings (SSSR count). The van der Waals surface area contributed by atoms with Gasteiger partial charge in [-0.2, -0.15) is 0 Å². The van der Waals surface area contributed by atoms with Crippen LogP contribution in [0.5, 0.6) is 5.75 Å². The summed E-state index contributed by atoms with van der Waals surface area (Å²) in [6.07, 6.45) is -0.191. The molecule has 5 nitrogen and oxygen atoms in total. The van der Waals surface area contributed by atoms with Crippen LogP contribution in [0, 0.1) is 6.92 Å². The highest BCUT2D eigenvalue weighted by Gasteiger charge is 2.28. The molecule has 116 valence electrons. The van der Waals surface area contributed by atoms with Crippen molar-refractivity contribution in [2.45, 2.75) is 46.3 Å². The molecule has 0 saturated heterocycles. The molecule has 0 aliphatic rings. The maximum Gasteiger partial charge on any atom is 0.323 e. The number of carbonyl (C=O) groups is 2. The van der Waals surface area contributed by atoms with Crippen LogP contribution in [0.3, 0.4) is 0 Å². The number of carboxylic acid groups (broad SMARTS) is 1. The third kappa shape index (κ3) is 5.10. The van der Waals surface area contributed by atoms with E-state index >= 15 is 0 Å². The minimum atomic E-state index is -1.03. The van der Waals surface area contributed by atoms with Gasteiger partial charge in [-0.3, -0.25) is 9.59 Å². The number of aryl methyl sites for hydroxylation is 1. The van der Waals surface area contributed by atoms with E-state index < -0.39 is 12.1 Å². The van der Waals surface area contributed by atoms with Gasteiger partial charge in [0.15, 0.2) is 6.10 Å². The smallest absolute Gasteiger partial charge is 0.323 e. The zero-order chi connectivity index (χ0) is 16.0. The number of nitrogens with zero attached hydrogens (tertiary/aromatic N) is 1. The molecule has 1 unspecified atom stereocenters. The van der Waals surface area contributed by atoms with Gasteiger partial charge >= 0.3 is 5.97 Å². The molecule has 0 aliphatic carbocycles. The van der Waals surface area contributed by atoms with Crippen LogP contribution in [0.4, 0.5) is 0 Å². The average Bonchev–Trinajstić information content (AvgIpc) is 2.41. The lowest BCUT2D eigenvalue weighted by Gasteiger charge is -2.29. The van der Waals surface area contributed by atoms with Gasteiger partial charge in [0, 0.05) is 6.04 Å². The lowest BCUT2D eigenvalue weighted by molar-refractivity contribution is -0.149. The highest BCUT2D eigenvalue weighted by molar-refractivity contribution is 5.85. The predicted octanol–water partition coefficient (Wildman–Crippen LogP) is 2.47. The van der Waals surface area contributed by atoms with E-state index in [9.17, 15) is 9.59 Å². The molecule has 5 heteroatoms. The Morgan fingerprint density at radius 2 is 2.00 bits per heavy atom. The summed E-state index contributed by atoms with van der Waals surface area (Å²) >= 11 is 0. The van der Waals surface area contributed by atoms with Crippen molar-refractivity contribution in [2.75, 3.05) is 6.54 Å². The van der Waals surface area contributed by atoms with Gasteiger partial charge in [-0.15, -0.1) is 0 Å². The fourth-order valence-corrected chi connectivity index (χ4v) is 2.01. The van der Waals surface area contributed by atoms with Gasteiger partial charge in [-0.25, -0.2) is 0 Å². The number of carboxylic acids is 1. The first kappa shape index (κ1) is 17.0. The van der Waals surface area contributed by atoms with E-state index in [4.69, 9.17) is 9.84 Å². The quantitative estimate of drug-likeness (QED) is 0.838. The van der Waals surface area contributed by atoms with E-state index in [1.54, 1.807) is 19.9 Å². The number of carbonyl (C=O) groups excluding carboxylic acids is 1. The molecule has 0 bridgehead atoms. The summed E-state index contributed by atoms with van der Waals surface area (Å²) in [5.74, 6) is -0.701. The van der Waals surface area contributed by atoms with E-state index in [0.29, 0.717) is 12.2 Å². The summed E-state index contributed by atoms with van der Waals surface area (Å²) in [7, 11) is 0. The van der Waals surface area contributed by atoms with Crippen LogP contribution in [0.2, 0.25) is 0 Å². The highest BCUT2D eigenvalue weighted by Crippen LogP contribution is 2.17. The molecule has 1 N–H and O–H groups in total. The molecule has 21 heavy (non-hydrogen) atoms. The van der Waals surface area contributed by atoms with Crippen molar-refractivity contribution in [3.63, 3.8) is 0 Å². The zero-order valence-corrected chi connectivity index (χ0v) is 13.0. The van der Waals surface area contributed by atoms with Crippen molar-refractivity contribution in [1.82, 2.24) is 4.90 Å². The topological polar surface area (TPSA) is 66.8 Å². The number of aliphatic carboxylic acids is 1. The molecular weight excluding hydrogens is 270 g/mol. The zero-order valence-electron chi connectivity index (χ0n) is 13.0. The van der Waals surface area contributed by atoms with Crippen molar-refractivity contribution >= 4 is 11.9 Å². The van der Waals surface area contributed by atoms with Crippen molar-refractivity contribution in [3.8, 4) is 5.75 Å². The monoisotopic (exact) mass is 293 g/mol. The van der Waals surface area contributed by atoms with E-state index in [2.05, 4.69) is 0 Å². The van der Waals surface area contributed by atoms with Crippen molar-refractivity contribution < 1.29 is 19.4 Å². The second-order valence-electron chi connectivity index (χ2n) is 5.28. The minimum absolute atomic E-state index is 0.191. The summed E-state index contributed by atoms with van der Waals surface area (Å²) in [4.78, 5) is 24.7. The standard InChI is InChI=1S/C16H23NO4/c1-5-14(21-13-8-6-7-12(4)9-13)16(20)17(11(2)3)10-15(18)19/h6-9,11,14H,5,10H2,1-4H3,(H,18,19). The van der Waals surface area contributed by atoms with Crippen LogP contribution in [0.25, 0.3) is 0 Å². The fourth-order valence-electron chi connectivity index (χ4n) is 2.01. The Bertz CT molecular complexity index is 499. The van der Waals surface area contributed by atoms with E-state index in [1.807, 2.05) is 32.0 Å². The molecule has 1 aromatic rings. The molecule has 0 fully saturated rings. The average molecular weight is 293 g/mol.